The first-order valence-corrected chi connectivity index (χ1v) is 11.7. The maximum Gasteiger partial charge on any atom is 0.338 e. The number of aromatic hydroxyl groups is 2. The van der Waals surface area contributed by atoms with E-state index in [9.17, 15) is 24.6 Å². The lowest BCUT2D eigenvalue weighted by Crippen LogP contribution is -2.25. The molecule has 0 spiro atoms. The molecule has 0 saturated heterocycles. The number of carbonyl (C=O) groups excluding carboxylic acids is 3. The van der Waals surface area contributed by atoms with Crippen LogP contribution >= 0.6 is 0 Å². The Morgan fingerprint density at radius 2 is 1.33 bits per heavy atom. The van der Waals surface area contributed by atoms with E-state index in [0.717, 1.165) is 12.4 Å². The van der Waals surface area contributed by atoms with E-state index in [1.165, 1.54) is 12.1 Å². The Kier molecular flexibility index (Phi) is 9.97. The van der Waals surface area contributed by atoms with Crippen LogP contribution < -0.4 is 16.4 Å². The molecule has 0 atom stereocenters. The van der Waals surface area contributed by atoms with Gasteiger partial charge in [-0.05, 0) is 73.5 Å². The van der Waals surface area contributed by atoms with Crippen molar-refractivity contribution in [2.75, 3.05) is 23.8 Å². The molecule has 7 N–H and O–H groups in total. The first-order chi connectivity index (χ1) is 18.7. The van der Waals surface area contributed by atoms with Gasteiger partial charge in [-0.2, -0.15) is 4.99 Å². The predicted molar refractivity (Wildman–Crippen MR) is 144 cm³/mol. The normalized spacial score (nSPS) is 10.8. The molecular formula is C27H27N5O7. The fourth-order valence-electron chi connectivity index (χ4n) is 3.21. The lowest BCUT2D eigenvalue weighted by Gasteiger charge is -2.09. The number of aldehydes is 1. The number of unbranched alkanes of at least 4 members (excludes halogenated alkanes) is 1. The Balaban J connectivity index is 1.36. The summed E-state index contributed by atoms with van der Waals surface area (Å²) in [5.41, 5.74) is 7.81. The first-order valence-electron chi connectivity index (χ1n) is 11.7. The van der Waals surface area contributed by atoms with Crippen LogP contribution in [0, 0.1) is 5.41 Å². The van der Waals surface area contributed by atoms with Gasteiger partial charge in [0, 0.05) is 23.0 Å². The van der Waals surface area contributed by atoms with Crippen LogP contribution in [0.25, 0.3) is 0 Å². The van der Waals surface area contributed by atoms with E-state index in [4.69, 9.17) is 20.6 Å². The molecule has 3 aromatic carbocycles. The van der Waals surface area contributed by atoms with E-state index in [2.05, 4.69) is 15.6 Å². The van der Waals surface area contributed by atoms with Crippen molar-refractivity contribution < 1.29 is 34.1 Å². The van der Waals surface area contributed by atoms with Crippen LogP contribution in [0.2, 0.25) is 0 Å². The van der Waals surface area contributed by atoms with E-state index in [1.807, 2.05) is 0 Å². The van der Waals surface area contributed by atoms with Crippen LogP contribution in [0.15, 0.2) is 71.7 Å². The molecule has 0 aliphatic carbocycles. The zero-order chi connectivity index (χ0) is 28.2. The number of phenols is 2. The minimum Gasteiger partial charge on any atom is -0.508 e. The van der Waals surface area contributed by atoms with E-state index in [-0.39, 0.29) is 42.2 Å². The number of phenolic OH excluding ortho intramolecular Hbond substituents is 2. The largest absolute Gasteiger partial charge is 0.508 e. The summed E-state index contributed by atoms with van der Waals surface area (Å²) in [6.45, 7) is 0.200. The number of ether oxygens (including phenoxy) is 2. The average Bonchev–Trinajstić information content (AvgIpc) is 2.90. The number of carbonyl (C=O) groups is 3. The molecule has 0 unspecified atom stereocenters. The summed E-state index contributed by atoms with van der Waals surface area (Å²) in [4.78, 5) is 38.8. The van der Waals surface area contributed by atoms with Gasteiger partial charge in [0.05, 0.1) is 24.3 Å². The topological polar surface area (TPSA) is 196 Å². The monoisotopic (exact) mass is 533 g/mol. The molecule has 3 rings (SSSR count). The Hall–Kier alpha value is -5.39. The van der Waals surface area contributed by atoms with E-state index in [0.29, 0.717) is 35.3 Å². The lowest BCUT2D eigenvalue weighted by atomic mass is 10.2. The Morgan fingerprint density at radius 1 is 0.821 bits per heavy atom. The molecule has 0 aliphatic rings. The van der Waals surface area contributed by atoms with Crippen LogP contribution in [-0.4, -0.2) is 53.6 Å². The number of rotatable bonds is 10. The van der Waals surface area contributed by atoms with Gasteiger partial charge in [-0.3, -0.25) is 10.2 Å². The maximum absolute atomic E-state index is 12.2. The molecule has 0 bridgehead atoms. The summed E-state index contributed by atoms with van der Waals surface area (Å²) in [5.74, 6) is -1.97. The van der Waals surface area contributed by atoms with Gasteiger partial charge in [0.25, 0.3) is 0 Å². The number of nitrogens with zero attached hydrogens (tertiary/aromatic N) is 1. The van der Waals surface area contributed by atoms with E-state index >= 15 is 0 Å². The van der Waals surface area contributed by atoms with Gasteiger partial charge in [-0.1, -0.05) is 0 Å². The highest BCUT2D eigenvalue weighted by Crippen LogP contribution is 2.21. The number of aliphatic imine (C=N–C) groups is 1. The van der Waals surface area contributed by atoms with Crippen LogP contribution in [-0.2, 0) is 9.47 Å². The molecule has 0 amide bonds. The second-order valence-electron chi connectivity index (χ2n) is 8.13. The van der Waals surface area contributed by atoms with E-state index in [1.54, 1.807) is 48.5 Å². The minimum absolute atomic E-state index is 0.0297. The van der Waals surface area contributed by atoms with Crippen LogP contribution in [0.4, 0.5) is 11.4 Å². The highest BCUT2D eigenvalue weighted by molar-refractivity contribution is 6.04. The number of benzene rings is 3. The second kappa shape index (κ2) is 13.8. The minimum atomic E-state index is -0.684. The number of nitrogens with two attached hydrogens (primary N) is 1. The van der Waals surface area contributed by atoms with Crippen molar-refractivity contribution in [1.82, 2.24) is 0 Å². The maximum atomic E-state index is 12.2. The van der Waals surface area contributed by atoms with E-state index < -0.39 is 11.9 Å². The standard InChI is InChI=1S/C27H27N5O7/c28-26(30-20-7-3-17(16-33)4-8-20)32-27(29)31-21-9-5-18(6-10-21)24(36)38-11-1-2-12-39-25(37)19-13-22(34)15-23(35)14-19/h3-10,13-16,34-35H,1-2,11-12H2,(H5,28,29,30,31,32). The molecule has 0 saturated carbocycles. The highest BCUT2D eigenvalue weighted by Gasteiger charge is 2.11. The fourth-order valence-corrected chi connectivity index (χ4v) is 3.21. The van der Waals surface area contributed by atoms with Crippen LogP contribution in [0.3, 0.4) is 0 Å². The third-order valence-corrected chi connectivity index (χ3v) is 5.08. The van der Waals surface area contributed by atoms with Crippen molar-refractivity contribution in [3.05, 3.63) is 83.4 Å². The van der Waals surface area contributed by atoms with Crippen molar-refractivity contribution in [3.63, 3.8) is 0 Å². The first kappa shape index (κ1) is 28.2. The fraction of sp³-hybridized carbons (Fsp3) is 0.148. The predicted octanol–water partition coefficient (Wildman–Crippen LogP) is 3.48. The van der Waals surface area contributed by atoms with Crippen molar-refractivity contribution >= 4 is 41.5 Å². The summed E-state index contributed by atoms with van der Waals surface area (Å²) in [6.07, 6.45) is 1.62. The van der Waals surface area contributed by atoms with Crippen molar-refractivity contribution in [2.45, 2.75) is 12.8 Å². The van der Waals surface area contributed by atoms with Gasteiger partial charge < -0.3 is 36.1 Å². The molecule has 12 heteroatoms. The molecule has 0 fully saturated rings. The molecule has 39 heavy (non-hydrogen) atoms. The smallest absolute Gasteiger partial charge is 0.338 e. The second-order valence-corrected chi connectivity index (χ2v) is 8.13. The van der Waals surface area contributed by atoms with Crippen molar-refractivity contribution in [1.29, 1.82) is 5.41 Å². The summed E-state index contributed by atoms with van der Waals surface area (Å²) < 4.78 is 10.3. The van der Waals surface area contributed by atoms with Gasteiger partial charge >= 0.3 is 11.9 Å². The van der Waals surface area contributed by atoms with Gasteiger partial charge in [0.2, 0.25) is 11.9 Å². The number of nitrogens with one attached hydrogen (secondary N) is 3. The summed E-state index contributed by atoms with van der Waals surface area (Å²) in [6, 6.07) is 16.2. The molecule has 0 heterocycles. The zero-order valence-corrected chi connectivity index (χ0v) is 20.7. The Morgan fingerprint density at radius 3 is 1.90 bits per heavy atom. The molecule has 0 aliphatic heterocycles. The van der Waals surface area contributed by atoms with Crippen molar-refractivity contribution in [3.8, 4) is 11.5 Å². The quantitative estimate of drug-likeness (QED) is 0.0738. The third-order valence-electron chi connectivity index (χ3n) is 5.08. The number of hydrogen-bond acceptors (Lipinski definition) is 8. The number of anilines is 2. The summed E-state index contributed by atoms with van der Waals surface area (Å²) in [5, 5.41) is 32.3. The summed E-state index contributed by atoms with van der Waals surface area (Å²) >= 11 is 0. The highest BCUT2D eigenvalue weighted by atomic mass is 16.5. The van der Waals surface area contributed by atoms with Crippen LogP contribution in [0.1, 0.15) is 43.9 Å². The number of esters is 2. The molecule has 202 valence electrons. The Bertz CT molecular complexity index is 1340. The summed E-state index contributed by atoms with van der Waals surface area (Å²) in [7, 11) is 0. The third kappa shape index (κ3) is 9.21. The number of guanidine groups is 2. The molecule has 3 aromatic rings. The zero-order valence-electron chi connectivity index (χ0n) is 20.7. The Labute approximate surface area is 223 Å². The average molecular weight is 534 g/mol. The van der Waals surface area contributed by atoms with Gasteiger partial charge in [-0.25, -0.2) is 9.59 Å². The van der Waals surface area contributed by atoms with Crippen molar-refractivity contribution in [2.24, 2.45) is 10.7 Å². The van der Waals surface area contributed by atoms with Gasteiger partial charge in [0.1, 0.15) is 17.8 Å². The van der Waals surface area contributed by atoms with Gasteiger partial charge in [0.15, 0.2) is 0 Å². The SMILES string of the molecule is N=C(/N=C(\N)Nc1ccc(C(=O)OCCCCOC(=O)c2cc(O)cc(O)c2)cc1)Nc1ccc(C=O)cc1. The lowest BCUT2D eigenvalue weighted by molar-refractivity contribution is 0.0432. The molecular weight excluding hydrogens is 506 g/mol. The number of hydrogen-bond donors (Lipinski definition) is 6. The van der Waals surface area contributed by atoms with Crippen LogP contribution in [0.5, 0.6) is 11.5 Å². The van der Waals surface area contributed by atoms with Gasteiger partial charge in [-0.15, -0.1) is 0 Å². The molecule has 0 radical (unpaired) electrons. The molecule has 12 nitrogen and oxygen atoms in total. The molecule has 0 aromatic heterocycles.